The molecule has 24 heavy (non-hydrogen) atoms. The van der Waals surface area contributed by atoms with E-state index in [0.29, 0.717) is 37.6 Å². The molecule has 3 rings (SSSR count). The second-order valence-corrected chi connectivity index (χ2v) is 7.21. The summed E-state index contributed by atoms with van der Waals surface area (Å²) < 4.78 is 2.16. The molecule has 0 spiro atoms. The average molecular weight is 334 g/mol. The lowest BCUT2D eigenvalue weighted by molar-refractivity contribution is -0.122. The number of likely N-dealkylation sites (tertiary alicyclic amines) is 1. The average Bonchev–Trinajstić information content (AvgIpc) is 3.21. The van der Waals surface area contributed by atoms with Crippen molar-refractivity contribution in [2.24, 2.45) is 5.73 Å². The van der Waals surface area contributed by atoms with Crippen LogP contribution in [0.3, 0.4) is 0 Å². The van der Waals surface area contributed by atoms with E-state index in [0.717, 1.165) is 18.7 Å². The Morgan fingerprint density at radius 1 is 1.25 bits per heavy atom. The number of nitrogens with one attached hydrogen (secondary N) is 1. The van der Waals surface area contributed by atoms with Gasteiger partial charge in [0, 0.05) is 31.1 Å². The first-order valence-corrected chi connectivity index (χ1v) is 9.26. The van der Waals surface area contributed by atoms with Crippen molar-refractivity contribution in [1.82, 2.24) is 25.0 Å². The molecule has 2 heterocycles. The lowest BCUT2D eigenvalue weighted by Crippen LogP contribution is -2.39. The predicted octanol–water partition coefficient (Wildman–Crippen LogP) is 1.21. The highest BCUT2D eigenvalue weighted by molar-refractivity contribution is 5.76. The first-order valence-electron chi connectivity index (χ1n) is 9.26. The summed E-state index contributed by atoms with van der Waals surface area (Å²) in [6.45, 7) is 1.13. The van der Waals surface area contributed by atoms with Crippen molar-refractivity contribution in [3.63, 3.8) is 0 Å². The fourth-order valence-corrected chi connectivity index (χ4v) is 4.14. The van der Waals surface area contributed by atoms with Gasteiger partial charge in [-0.05, 0) is 32.7 Å². The fourth-order valence-electron chi connectivity index (χ4n) is 4.14. The molecule has 1 aromatic rings. The van der Waals surface area contributed by atoms with Crippen LogP contribution in [-0.2, 0) is 11.3 Å². The van der Waals surface area contributed by atoms with Gasteiger partial charge in [0.2, 0.25) is 5.91 Å². The summed E-state index contributed by atoms with van der Waals surface area (Å²) >= 11 is 0. The van der Waals surface area contributed by atoms with E-state index in [1.165, 1.54) is 32.1 Å². The summed E-state index contributed by atoms with van der Waals surface area (Å²) in [6, 6.07) is 1.21. The molecule has 0 aromatic carbocycles. The minimum atomic E-state index is 0.0858. The largest absolute Gasteiger partial charge is 0.349 e. The number of hydrogen-bond acceptors (Lipinski definition) is 5. The van der Waals surface area contributed by atoms with Crippen LogP contribution in [0.4, 0.5) is 0 Å². The predicted molar refractivity (Wildman–Crippen MR) is 92.2 cm³/mol. The van der Waals surface area contributed by atoms with Crippen molar-refractivity contribution in [3.05, 3.63) is 12.2 Å². The molecule has 0 radical (unpaired) electrons. The van der Waals surface area contributed by atoms with E-state index in [1.54, 1.807) is 0 Å². The van der Waals surface area contributed by atoms with Gasteiger partial charge in [-0.25, -0.2) is 0 Å². The van der Waals surface area contributed by atoms with Crippen LogP contribution in [-0.4, -0.2) is 51.2 Å². The second-order valence-electron chi connectivity index (χ2n) is 7.21. The Labute approximate surface area is 144 Å². The maximum atomic E-state index is 12.3. The number of rotatable bonds is 6. The van der Waals surface area contributed by atoms with Crippen LogP contribution in [0.15, 0.2) is 6.33 Å². The van der Waals surface area contributed by atoms with Crippen molar-refractivity contribution in [1.29, 1.82) is 0 Å². The highest BCUT2D eigenvalue weighted by Gasteiger charge is 2.30. The monoisotopic (exact) mass is 334 g/mol. The Bertz CT molecular complexity index is 539. The number of nitrogens with two attached hydrogens (primary N) is 1. The fraction of sp³-hybridized carbons (Fsp3) is 0.824. The van der Waals surface area contributed by atoms with Gasteiger partial charge >= 0.3 is 0 Å². The molecule has 0 unspecified atom stereocenters. The zero-order chi connectivity index (χ0) is 16.9. The maximum absolute atomic E-state index is 12.3. The SMILES string of the molecule is CN1[C@@H](CN)CC[C@H]1CC(=O)NCc1nncn1C1CCCCC1. The first-order chi connectivity index (χ1) is 11.7. The Morgan fingerprint density at radius 2 is 2.00 bits per heavy atom. The molecule has 1 aliphatic carbocycles. The van der Waals surface area contributed by atoms with Gasteiger partial charge in [0.25, 0.3) is 0 Å². The van der Waals surface area contributed by atoms with E-state index in [-0.39, 0.29) is 5.91 Å². The van der Waals surface area contributed by atoms with Crippen LogP contribution < -0.4 is 11.1 Å². The van der Waals surface area contributed by atoms with E-state index in [4.69, 9.17) is 5.73 Å². The van der Waals surface area contributed by atoms with Crippen molar-refractivity contribution >= 4 is 5.91 Å². The molecule has 1 amide bonds. The highest BCUT2D eigenvalue weighted by Crippen LogP contribution is 2.28. The molecule has 134 valence electrons. The van der Waals surface area contributed by atoms with Gasteiger partial charge in [-0.2, -0.15) is 0 Å². The number of carbonyl (C=O) groups is 1. The van der Waals surface area contributed by atoms with Gasteiger partial charge in [-0.3, -0.25) is 9.69 Å². The van der Waals surface area contributed by atoms with Crippen molar-refractivity contribution in [2.45, 2.75) is 76.0 Å². The van der Waals surface area contributed by atoms with Crippen LogP contribution in [0.5, 0.6) is 0 Å². The third-order valence-electron chi connectivity index (χ3n) is 5.74. The van der Waals surface area contributed by atoms with E-state index in [9.17, 15) is 4.79 Å². The van der Waals surface area contributed by atoms with Gasteiger partial charge in [0.1, 0.15) is 6.33 Å². The lowest BCUT2D eigenvalue weighted by Gasteiger charge is -2.25. The van der Waals surface area contributed by atoms with Gasteiger partial charge in [-0.1, -0.05) is 19.3 Å². The highest BCUT2D eigenvalue weighted by atomic mass is 16.1. The normalized spacial score (nSPS) is 25.9. The Kier molecular flexibility index (Phi) is 5.84. The minimum absolute atomic E-state index is 0.0858. The quantitative estimate of drug-likeness (QED) is 0.816. The molecule has 1 saturated heterocycles. The third-order valence-corrected chi connectivity index (χ3v) is 5.74. The zero-order valence-corrected chi connectivity index (χ0v) is 14.7. The third kappa shape index (κ3) is 3.95. The number of amides is 1. The molecule has 2 aliphatic rings. The number of nitrogens with zero attached hydrogens (tertiary/aromatic N) is 4. The number of carbonyl (C=O) groups excluding carboxylic acids is 1. The van der Waals surface area contributed by atoms with E-state index < -0.39 is 0 Å². The summed E-state index contributed by atoms with van der Waals surface area (Å²) in [6.07, 6.45) is 10.7. The Morgan fingerprint density at radius 3 is 2.71 bits per heavy atom. The molecular formula is C17H30N6O. The molecular weight excluding hydrogens is 304 g/mol. The van der Waals surface area contributed by atoms with Crippen LogP contribution >= 0.6 is 0 Å². The Balaban J connectivity index is 1.49. The van der Waals surface area contributed by atoms with Crippen molar-refractivity contribution in [3.8, 4) is 0 Å². The number of hydrogen-bond donors (Lipinski definition) is 2. The summed E-state index contributed by atoms with van der Waals surface area (Å²) in [5, 5.41) is 11.3. The summed E-state index contributed by atoms with van der Waals surface area (Å²) in [7, 11) is 2.07. The molecule has 1 saturated carbocycles. The van der Waals surface area contributed by atoms with Crippen LogP contribution in [0.1, 0.15) is 63.2 Å². The van der Waals surface area contributed by atoms with Gasteiger partial charge in [-0.15, -0.1) is 10.2 Å². The Hall–Kier alpha value is -1.47. The summed E-state index contributed by atoms with van der Waals surface area (Å²) in [5.41, 5.74) is 5.77. The van der Waals surface area contributed by atoms with Crippen molar-refractivity contribution < 1.29 is 4.79 Å². The smallest absolute Gasteiger partial charge is 0.221 e. The first kappa shape index (κ1) is 17.4. The van der Waals surface area contributed by atoms with Crippen LogP contribution in [0, 0.1) is 0 Å². The molecule has 2 atom stereocenters. The zero-order valence-electron chi connectivity index (χ0n) is 14.7. The van der Waals surface area contributed by atoms with Gasteiger partial charge in [0.15, 0.2) is 5.82 Å². The molecule has 3 N–H and O–H groups in total. The summed E-state index contributed by atoms with van der Waals surface area (Å²) in [5.74, 6) is 0.956. The minimum Gasteiger partial charge on any atom is -0.349 e. The second kappa shape index (κ2) is 8.07. The topological polar surface area (TPSA) is 89.1 Å². The molecule has 2 fully saturated rings. The van der Waals surface area contributed by atoms with E-state index >= 15 is 0 Å². The van der Waals surface area contributed by atoms with Crippen molar-refractivity contribution in [2.75, 3.05) is 13.6 Å². The molecule has 1 aromatic heterocycles. The van der Waals surface area contributed by atoms with E-state index in [1.807, 2.05) is 6.33 Å². The van der Waals surface area contributed by atoms with Crippen LogP contribution in [0.2, 0.25) is 0 Å². The van der Waals surface area contributed by atoms with Gasteiger partial charge < -0.3 is 15.6 Å². The van der Waals surface area contributed by atoms with Crippen LogP contribution in [0.25, 0.3) is 0 Å². The summed E-state index contributed by atoms with van der Waals surface area (Å²) in [4.78, 5) is 14.5. The number of likely N-dealkylation sites (N-methyl/N-ethyl adjacent to an activating group) is 1. The maximum Gasteiger partial charge on any atom is 0.221 e. The molecule has 7 heteroatoms. The van der Waals surface area contributed by atoms with E-state index in [2.05, 4.69) is 32.0 Å². The van der Waals surface area contributed by atoms with Gasteiger partial charge in [0.05, 0.1) is 6.54 Å². The molecule has 1 aliphatic heterocycles. The number of aromatic nitrogens is 3. The standard InChI is InChI=1S/C17H30N6O/c1-22-14(7-8-15(22)10-18)9-17(24)19-11-16-21-20-12-23(16)13-5-3-2-4-6-13/h12-15H,2-11,18H2,1H3,(H,19,24)/t14-,15+/m0/s1. The molecule has 7 nitrogen and oxygen atoms in total. The lowest BCUT2D eigenvalue weighted by atomic mass is 9.95. The molecule has 0 bridgehead atoms.